The van der Waals surface area contributed by atoms with Crippen molar-refractivity contribution >= 4 is 27.8 Å². The first-order valence-electron chi connectivity index (χ1n) is 22.1. The summed E-state index contributed by atoms with van der Waals surface area (Å²) in [5.74, 6) is 0. The van der Waals surface area contributed by atoms with Crippen LogP contribution in [0.15, 0.2) is 237 Å². The average Bonchev–Trinajstić information content (AvgIpc) is 3.79. The zero-order valence-corrected chi connectivity index (χ0v) is 35.5. The molecule has 0 aromatic heterocycles. The smallest absolute Gasteiger partial charge is 0.0720 e. The molecule has 10 aromatic carbocycles. The highest BCUT2D eigenvalue weighted by Gasteiger charge is 2.49. The van der Waals surface area contributed by atoms with Crippen LogP contribution >= 0.6 is 0 Å². The predicted octanol–water partition coefficient (Wildman–Crippen LogP) is 16.3. The lowest BCUT2D eigenvalue weighted by Crippen LogP contribution is -2.29. The zero-order valence-electron chi connectivity index (χ0n) is 35.5. The van der Waals surface area contributed by atoms with E-state index in [-0.39, 0.29) is 5.41 Å². The SMILES string of the molecule is CC1(C)c2ccccc2-c2ccc(N(c3ccc(-c4ccccc4)cc3)c3cc4c(-c5ccccc5)cccc4c4c3-c3ccccc3C4(c3ccccc3)c3ccccc3)cc21. The number of fused-ring (bicyclic) bond motifs is 8. The number of rotatable bonds is 7. The van der Waals surface area contributed by atoms with Gasteiger partial charge in [0.15, 0.2) is 0 Å². The third-order valence-corrected chi connectivity index (χ3v) is 13.9. The second-order valence-electron chi connectivity index (χ2n) is 17.6. The maximum Gasteiger partial charge on any atom is 0.0720 e. The molecule has 0 radical (unpaired) electrons. The van der Waals surface area contributed by atoms with Gasteiger partial charge in [-0.05, 0) is 113 Å². The maximum atomic E-state index is 2.55. The number of hydrogen-bond donors (Lipinski definition) is 0. The van der Waals surface area contributed by atoms with Crippen molar-refractivity contribution in [1.82, 2.24) is 0 Å². The van der Waals surface area contributed by atoms with E-state index in [2.05, 4.69) is 255 Å². The highest BCUT2D eigenvalue weighted by molar-refractivity contribution is 6.11. The van der Waals surface area contributed by atoms with Gasteiger partial charge < -0.3 is 4.90 Å². The number of benzene rings is 10. The number of hydrogen-bond acceptors (Lipinski definition) is 1. The molecule has 0 unspecified atom stereocenters. The average molecular weight is 804 g/mol. The summed E-state index contributed by atoms with van der Waals surface area (Å²) in [5, 5.41) is 2.48. The van der Waals surface area contributed by atoms with Gasteiger partial charge in [-0.1, -0.05) is 220 Å². The molecule has 1 nitrogen and oxygen atoms in total. The highest BCUT2D eigenvalue weighted by atomic mass is 15.1. The Hall–Kier alpha value is -7.74. The van der Waals surface area contributed by atoms with Crippen molar-refractivity contribution in [1.29, 1.82) is 0 Å². The van der Waals surface area contributed by atoms with E-state index in [0.717, 1.165) is 17.1 Å². The van der Waals surface area contributed by atoms with Crippen LogP contribution in [-0.2, 0) is 10.8 Å². The molecule has 12 rings (SSSR count). The van der Waals surface area contributed by atoms with Crippen LogP contribution < -0.4 is 4.90 Å². The molecule has 2 aliphatic carbocycles. The van der Waals surface area contributed by atoms with Gasteiger partial charge in [0.25, 0.3) is 0 Å². The fourth-order valence-electron chi connectivity index (χ4n) is 11.1. The second kappa shape index (κ2) is 14.4. The minimum atomic E-state index is -0.609. The lowest BCUT2D eigenvalue weighted by Gasteiger charge is -2.36. The van der Waals surface area contributed by atoms with Crippen LogP contribution in [-0.4, -0.2) is 0 Å². The quantitative estimate of drug-likeness (QED) is 0.155. The van der Waals surface area contributed by atoms with Crippen LogP contribution in [0, 0.1) is 0 Å². The van der Waals surface area contributed by atoms with Gasteiger partial charge >= 0.3 is 0 Å². The van der Waals surface area contributed by atoms with E-state index in [1.54, 1.807) is 0 Å². The molecule has 0 bridgehead atoms. The van der Waals surface area contributed by atoms with Crippen LogP contribution in [0.5, 0.6) is 0 Å². The van der Waals surface area contributed by atoms with Gasteiger partial charge in [0.1, 0.15) is 0 Å². The molecule has 63 heavy (non-hydrogen) atoms. The Labute approximate surface area is 370 Å². The van der Waals surface area contributed by atoms with Crippen LogP contribution in [0.2, 0.25) is 0 Å². The lowest BCUT2D eigenvalue weighted by atomic mass is 9.66. The minimum absolute atomic E-state index is 0.168. The molecule has 0 aliphatic heterocycles. The summed E-state index contributed by atoms with van der Waals surface area (Å²) in [7, 11) is 0. The molecule has 0 saturated carbocycles. The Morgan fingerprint density at radius 3 is 1.51 bits per heavy atom. The van der Waals surface area contributed by atoms with E-state index in [1.807, 2.05) is 0 Å². The van der Waals surface area contributed by atoms with Gasteiger partial charge in [-0.3, -0.25) is 0 Å². The number of nitrogens with zero attached hydrogens (tertiary/aromatic N) is 1. The molecule has 1 heteroatoms. The minimum Gasteiger partial charge on any atom is -0.310 e. The molecule has 0 saturated heterocycles. The van der Waals surface area contributed by atoms with Crippen molar-refractivity contribution in [2.75, 3.05) is 4.90 Å². The molecule has 0 atom stereocenters. The van der Waals surface area contributed by atoms with Crippen molar-refractivity contribution < 1.29 is 0 Å². The normalized spacial score (nSPS) is 13.8. The topological polar surface area (TPSA) is 3.24 Å². The van der Waals surface area contributed by atoms with E-state index < -0.39 is 5.41 Å². The Balaban J connectivity index is 1.23. The third-order valence-electron chi connectivity index (χ3n) is 13.9. The summed E-state index contributed by atoms with van der Waals surface area (Å²) in [6.45, 7) is 4.76. The predicted molar refractivity (Wildman–Crippen MR) is 264 cm³/mol. The Bertz CT molecular complexity index is 3290. The first-order chi connectivity index (χ1) is 31.0. The van der Waals surface area contributed by atoms with Gasteiger partial charge in [-0.2, -0.15) is 0 Å². The molecule has 0 heterocycles. The van der Waals surface area contributed by atoms with Gasteiger partial charge in [-0.25, -0.2) is 0 Å². The first kappa shape index (κ1) is 37.1. The van der Waals surface area contributed by atoms with Crippen molar-refractivity contribution in [3.63, 3.8) is 0 Å². The summed E-state index contributed by atoms with van der Waals surface area (Å²) >= 11 is 0. The lowest BCUT2D eigenvalue weighted by molar-refractivity contribution is 0.660. The van der Waals surface area contributed by atoms with Crippen LogP contribution in [0.25, 0.3) is 55.3 Å². The van der Waals surface area contributed by atoms with E-state index in [4.69, 9.17) is 0 Å². The van der Waals surface area contributed by atoms with Crippen LogP contribution in [0.4, 0.5) is 17.1 Å². The third kappa shape index (κ3) is 5.56. The van der Waals surface area contributed by atoms with Crippen molar-refractivity contribution in [2.24, 2.45) is 0 Å². The van der Waals surface area contributed by atoms with Crippen LogP contribution in [0.3, 0.4) is 0 Å². The van der Waals surface area contributed by atoms with Gasteiger partial charge in [0, 0.05) is 22.4 Å². The van der Waals surface area contributed by atoms with E-state index in [1.165, 1.54) is 88.7 Å². The van der Waals surface area contributed by atoms with Crippen molar-refractivity contribution in [3.8, 4) is 44.5 Å². The standard InChI is InChI=1S/C62H45N/c1-61(2)55-32-17-15-28-50(55)51-39-38-48(40-57(51)61)63(47-36-34-43(35-37-47)42-20-7-3-8-21-42)58-41-54-49(44-22-9-4-10-23-44)30-19-31-52(54)60-59(58)53-29-16-18-33-56(53)62(60,45-24-11-5-12-25-45)46-26-13-6-14-27-46/h3-41H,1-2H3. The monoisotopic (exact) mass is 803 g/mol. The Morgan fingerprint density at radius 2 is 0.841 bits per heavy atom. The molecule has 2 aliphatic rings. The van der Waals surface area contributed by atoms with E-state index >= 15 is 0 Å². The Kier molecular flexibility index (Phi) is 8.49. The molecule has 0 amide bonds. The summed E-state index contributed by atoms with van der Waals surface area (Å²) in [5.41, 5.74) is 20.4. The van der Waals surface area contributed by atoms with E-state index in [0.29, 0.717) is 0 Å². The molecule has 0 spiro atoms. The molecular weight excluding hydrogens is 759 g/mol. The van der Waals surface area contributed by atoms with Crippen molar-refractivity contribution in [2.45, 2.75) is 24.7 Å². The van der Waals surface area contributed by atoms with Crippen molar-refractivity contribution in [3.05, 3.63) is 270 Å². The maximum absolute atomic E-state index is 2.55. The summed E-state index contributed by atoms with van der Waals surface area (Å²) in [4.78, 5) is 2.55. The fraction of sp³-hybridized carbons (Fsp3) is 0.0645. The van der Waals surface area contributed by atoms with E-state index in [9.17, 15) is 0 Å². The highest BCUT2D eigenvalue weighted by Crippen LogP contribution is 2.62. The molecule has 0 N–H and O–H groups in total. The Morgan fingerprint density at radius 1 is 0.333 bits per heavy atom. The molecule has 10 aromatic rings. The molecular formula is C62H45N. The number of anilines is 3. The largest absolute Gasteiger partial charge is 0.310 e. The first-order valence-corrected chi connectivity index (χ1v) is 22.1. The molecule has 298 valence electrons. The second-order valence-corrected chi connectivity index (χ2v) is 17.6. The molecule has 0 fully saturated rings. The summed E-state index contributed by atoms with van der Waals surface area (Å²) < 4.78 is 0. The van der Waals surface area contributed by atoms with Crippen LogP contribution in [0.1, 0.15) is 47.2 Å². The summed E-state index contributed by atoms with van der Waals surface area (Å²) in [6.07, 6.45) is 0. The zero-order chi connectivity index (χ0) is 42.1. The fourth-order valence-corrected chi connectivity index (χ4v) is 11.1. The van der Waals surface area contributed by atoms with Gasteiger partial charge in [0.2, 0.25) is 0 Å². The summed E-state index contributed by atoms with van der Waals surface area (Å²) in [6, 6.07) is 88.0. The van der Waals surface area contributed by atoms with Gasteiger partial charge in [-0.15, -0.1) is 0 Å². The van der Waals surface area contributed by atoms with Gasteiger partial charge in [0.05, 0.1) is 11.1 Å².